The van der Waals surface area contributed by atoms with Crippen LogP contribution in [-0.2, 0) is 9.84 Å². The van der Waals surface area contributed by atoms with Crippen molar-refractivity contribution in [2.24, 2.45) is 0 Å². The van der Waals surface area contributed by atoms with E-state index in [0.29, 0.717) is 6.42 Å². The molecular formula is C12H15FO5S. The first-order valence-electron chi connectivity index (χ1n) is 5.72. The van der Waals surface area contributed by atoms with Gasteiger partial charge in [-0.25, -0.2) is 17.6 Å². The van der Waals surface area contributed by atoms with Crippen LogP contribution in [0.3, 0.4) is 0 Å². The molecule has 1 aromatic rings. The molecule has 1 aromatic carbocycles. The lowest BCUT2D eigenvalue weighted by molar-refractivity contribution is 0.0691. The summed E-state index contributed by atoms with van der Waals surface area (Å²) in [5, 5.41) is 8.87. The third kappa shape index (κ3) is 4.51. The minimum Gasteiger partial charge on any atom is -0.489 e. The predicted octanol–water partition coefficient (Wildman–Crippen LogP) is 1.73. The minimum absolute atomic E-state index is 0.0272. The van der Waals surface area contributed by atoms with Crippen molar-refractivity contribution in [1.82, 2.24) is 0 Å². The van der Waals surface area contributed by atoms with Crippen LogP contribution in [0.1, 0.15) is 23.7 Å². The number of carbonyl (C=O) groups is 1. The van der Waals surface area contributed by atoms with Gasteiger partial charge in [-0.2, -0.15) is 0 Å². The Morgan fingerprint density at radius 2 is 2.05 bits per heavy atom. The standard InChI is InChI=1S/C12H15FO5S/c1-2-7-19(16,17)8-6-18-11-9(12(14)15)4-3-5-10(11)13/h3-5H,2,6-8H2,1H3,(H,14,15). The van der Waals surface area contributed by atoms with Crippen molar-refractivity contribution in [2.45, 2.75) is 13.3 Å². The van der Waals surface area contributed by atoms with Gasteiger partial charge in [0.25, 0.3) is 0 Å². The van der Waals surface area contributed by atoms with Gasteiger partial charge >= 0.3 is 5.97 Å². The smallest absolute Gasteiger partial charge is 0.339 e. The molecule has 1 N–H and O–H groups in total. The van der Waals surface area contributed by atoms with Crippen molar-refractivity contribution in [3.63, 3.8) is 0 Å². The third-order valence-electron chi connectivity index (χ3n) is 2.35. The summed E-state index contributed by atoms with van der Waals surface area (Å²) >= 11 is 0. The number of sulfone groups is 1. The third-order valence-corrected chi connectivity index (χ3v) is 4.17. The van der Waals surface area contributed by atoms with Crippen LogP contribution in [0, 0.1) is 5.82 Å². The maximum Gasteiger partial charge on any atom is 0.339 e. The molecule has 19 heavy (non-hydrogen) atoms. The summed E-state index contributed by atoms with van der Waals surface area (Å²) in [7, 11) is -3.24. The van der Waals surface area contributed by atoms with E-state index >= 15 is 0 Å². The first-order valence-corrected chi connectivity index (χ1v) is 7.54. The average Bonchev–Trinajstić information content (AvgIpc) is 2.30. The summed E-state index contributed by atoms with van der Waals surface area (Å²) < 4.78 is 41.3. The van der Waals surface area contributed by atoms with Gasteiger partial charge in [0.15, 0.2) is 21.4 Å². The van der Waals surface area contributed by atoms with Crippen LogP contribution in [0.2, 0.25) is 0 Å². The Balaban J connectivity index is 2.76. The lowest BCUT2D eigenvalue weighted by atomic mass is 10.2. The summed E-state index contributed by atoms with van der Waals surface area (Å²) in [5.41, 5.74) is -0.326. The molecule has 0 bridgehead atoms. The molecule has 7 heteroatoms. The molecule has 1 rings (SSSR count). The zero-order valence-corrected chi connectivity index (χ0v) is 11.2. The van der Waals surface area contributed by atoms with E-state index in [0.717, 1.165) is 6.07 Å². The Kier molecular flexibility index (Phi) is 5.29. The Morgan fingerprint density at radius 3 is 2.63 bits per heavy atom. The summed E-state index contributed by atoms with van der Waals surface area (Å²) in [4.78, 5) is 10.9. The highest BCUT2D eigenvalue weighted by molar-refractivity contribution is 7.91. The monoisotopic (exact) mass is 290 g/mol. The number of hydrogen-bond acceptors (Lipinski definition) is 4. The summed E-state index contributed by atoms with van der Waals surface area (Å²) in [6.07, 6.45) is 0.488. The van der Waals surface area contributed by atoms with Crippen LogP contribution >= 0.6 is 0 Å². The average molecular weight is 290 g/mol. The molecule has 0 aliphatic rings. The maximum atomic E-state index is 13.4. The first-order chi connectivity index (χ1) is 8.87. The van der Waals surface area contributed by atoms with Gasteiger partial charge in [0, 0.05) is 0 Å². The fraction of sp³-hybridized carbons (Fsp3) is 0.417. The molecule has 0 saturated carbocycles. The van der Waals surface area contributed by atoms with Crippen LogP contribution in [-0.4, -0.2) is 37.6 Å². The lowest BCUT2D eigenvalue weighted by Gasteiger charge is -2.10. The van der Waals surface area contributed by atoms with E-state index in [4.69, 9.17) is 9.84 Å². The molecular weight excluding hydrogens is 275 g/mol. The second-order valence-electron chi connectivity index (χ2n) is 3.92. The number of rotatable bonds is 7. The van der Waals surface area contributed by atoms with E-state index in [9.17, 15) is 17.6 Å². The van der Waals surface area contributed by atoms with Gasteiger partial charge in [-0.3, -0.25) is 0 Å². The maximum absolute atomic E-state index is 13.4. The number of halogens is 1. The molecule has 0 atom stereocenters. The Hall–Kier alpha value is -1.63. The Labute approximate surface area is 110 Å². The van der Waals surface area contributed by atoms with E-state index in [1.807, 2.05) is 0 Å². The van der Waals surface area contributed by atoms with Crippen LogP contribution < -0.4 is 4.74 Å². The van der Waals surface area contributed by atoms with Crippen molar-refractivity contribution in [1.29, 1.82) is 0 Å². The van der Waals surface area contributed by atoms with Crippen molar-refractivity contribution < 1.29 is 27.4 Å². The SMILES string of the molecule is CCCS(=O)(=O)CCOc1c(F)cccc1C(=O)O. The van der Waals surface area contributed by atoms with Crippen molar-refractivity contribution in [3.05, 3.63) is 29.6 Å². The fourth-order valence-corrected chi connectivity index (χ4v) is 2.67. The molecule has 0 heterocycles. The van der Waals surface area contributed by atoms with Crippen LogP contribution in [0.4, 0.5) is 4.39 Å². The number of para-hydroxylation sites is 1. The highest BCUT2D eigenvalue weighted by atomic mass is 32.2. The quantitative estimate of drug-likeness (QED) is 0.827. The number of benzene rings is 1. The number of ether oxygens (including phenoxy) is 1. The van der Waals surface area contributed by atoms with E-state index in [-0.39, 0.29) is 23.7 Å². The van der Waals surface area contributed by atoms with E-state index in [2.05, 4.69) is 0 Å². The van der Waals surface area contributed by atoms with Crippen LogP contribution in [0.5, 0.6) is 5.75 Å². The highest BCUT2D eigenvalue weighted by Gasteiger charge is 2.17. The van der Waals surface area contributed by atoms with Gasteiger partial charge in [0.2, 0.25) is 0 Å². The fourth-order valence-electron chi connectivity index (χ4n) is 1.51. The highest BCUT2D eigenvalue weighted by Crippen LogP contribution is 2.22. The van der Waals surface area contributed by atoms with Crippen LogP contribution in [0.15, 0.2) is 18.2 Å². The number of carboxylic acids is 1. The molecule has 0 amide bonds. The van der Waals surface area contributed by atoms with Gasteiger partial charge in [0.1, 0.15) is 12.2 Å². The molecule has 0 fully saturated rings. The van der Waals surface area contributed by atoms with E-state index in [1.165, 1.54) is 12.1 Å². The summed E-state index contributed by atoms with van der Waals surface area (Å²) in [5.74, 6) is -2.83. The summed E-state index contributed by atoms with van der Waals surface area (Å²) in [6.45, 7) is 1.46. The molecule has 0 radical (unpaired) electrons. The van der Waals surface area contributed by atoms with Crippen molar-refractivity contribution in [3.8, 4) is 5.75 Å². The zero-order chi connectivity index (χ0) is 14.5. The van der Waals surface area contributed by atoms with Gasteiger partial charge in [-0.1, -0.05) is 13.0 Å². The first kappa shape index (κ1) is 15.4. The summed E-state index contributed by atoms with van der Waals surface area (Å²) in [6, 6.07) is 3.50. The van der Waals surface area contributed by atoms with Crippen molar-refractivity contribution >= 4 is 15.8 Å². The number of carboxylic acid groups (broad SMARTS) is 1. The molecule has 106 valence electrons. The van der Waals surface area contributed by atoms with E-state index < -0.39 is 27.4 Å². The molecule has 0 aliphatic carbocycles. The largest absolute Gasteiger partial charge is 0.489 e. The second-order valence-corrected chi connectivity index (χ2v) is 6.23. The van der Waals surface area contributed by atoms with Crippen LogP contribution in [0.25, 0.3) is 0 Å². The van der Waals surface area contributed by atoms with Crippen molar-refractivity contribution in [2.75, 3.05) is 18.1 Å². The zero-order valence-electron chi connectivity index (χ0n) is 10.4. The van der Waals surface area contributed by atoms with Gasteiger partial charge < -0.3 is 9.84 Å². The molecule has 0 aromatic heterocycles. The van der Waals surface area contributed by atoms with Gasteiger partial charge in [0.05, 0.1) is 11.5 Å². The molecule has 0 unspecified atom stereocenters. The van der Waals surface area contributed by atoms with Gasteiger partial charge in [-0.15, -0.1) is 0 Å². The molecule has 5 nitrogen and oxygen atoms in total. The van der Waals surface area contributed by atoms with E-state index in [1.54, 1.807) is 6.92 Å². The Morgan fingerprint density at radius 1 is 1.37 bits per heavy atom. The second kappa shape index (κ2) is 6.51. The molecule has 0 aliphatic heterocycles. The topological polar surface area (TPSA) is 80.7 Å². The van der Waals surface area contributed by atoms with Gasteiger partial charge in [-0.05, 0) is 18.6 Å². The lowest BCUT2D eigenvalue weighted by Crippen LogP contribution is -2.18. The Bertz CT molecular complexity index is 553. The normalized spacial score (nSPS) is 11.3. The number of hydrogen-bond donors (Lipinski definition) is 1. The minimum atomic E-state index is -3.24. The molecule has 0 saturated heterocycles. The molecule has 0 spiro atoms. The predicted molar refractivity (Wildman–Crippen MR) is 67.8 cm³/mol. The number of aromatic carboxylic acids is 1.